The Morgan fingerprint density at radius 3 is 2.21 bits per heavy atom. The molecule has 0 spiro atoms. The molecule has 2 amide bonds. The van der Waals surface area contributed by atoms with Gasteiger partial charge in [-0.1, -0.05) is 36.8 Å². The summed E-state index contributed by atoms with van der Waals surface area (Å²) in [5.41, 5.74) is 0.899. The average molecular weight is 470 g/mol. The maximum absolute atomic E-state index is 12.9. The number of nitrogens with zero attached hydrogens (tertiary/aromatic N) is 2. The molecule has 2 heterocycles. The number of carbonyl (C=O) groups is 2. The lowest BCUT2D eigenvalue weighted by atomic mass is 9.95. The molecule has 0 aliphatic carbocycles. The fourth-order valence-electron chi connectivity index (χ4n) is 4.66. The van der Waals surface area contributed by atoms with E-state index in [-0.39, 0.29) is 23.4 Å². The summed E-state index contributed by atoms with van der Waals surface area (Å²) in [6, 6.07) is 16.5. The van der Waals surface area contributed by atoms with Gasteiger partial charge in [0, 0.05) is 12.1 Å². The van der Waals surface area contributed by atoms with E-state index in [0.717, 1.165) is 30.2 Å². The van der Waals surface area contributed by atoms with Gasteiger partial charge in [-0.2, -0.15) is 0 Å². The lowest BCUT2D eigenvalue weighted by molar-refractivity contribution is -0.123. The fourth-order valence-corrected chi connectivity index (χ4v) is 6.77. The Balaban J connectivity index is 1.46. The summed E-state index contributed by atoms with van der Waals surface area (Å²) >= 11 is 0. The van der Waals surface area contributed by atoms with Crippen molar-refractivity contribution in [2.24, 2.45) is 5.41 Å². The Kier molecular flexibility index (Phi) is 6.59. The normalized spacial score (nSPS) is 21.0. The van der Waals surface area contributed by atoms with Gasteiger partial charge in [0.25, 0.3) is 5.91 Å². The van der Waals surface area contributed by atoms with Gasteiger partial charge in [-0.05, 0) is 69.6 Å². The van der Waals surface area contributed by atoms with Crippen LogP contribution in [0.2, 0.25) is 0 Å². The molecule has 1 unspecified atom stereocenters. The summed E-state index contributed by atoms with van der Waals surface area (Å²) in [4.78, 5) is 27.9. The van der Waals surface area contributed by atoms with E-state index in [1.807, 2.05) is 18.2 Å². The van der Waals surface area contributed by atoms with Crippen LogP contribution >= 0.6 is 0 Å². The van der Waals surface area contributed by atoms with Gasteiger partial charge in [0.15, 0.2) is 0 Å². The number of amides is 2. The molecule has 1 N–H and O–H groups in total. The number of carbonyl (C=O) groups excluding carboxylic acids is 2. The van der Waals surface area contributed by atoms with Gasteiger partial charge in [0.05, 0.1) is 22.9 Å². The Labute approximate surface area is 195 Å². The number of hydrogen-bond acceptors (Lipinski definition) is 5. The van der Waals surface area contributed by atoms with Crippen LogP contribution in [0, 0.1) is 5.41 Å². The molecule has 1 atom stereocenters. The monoisotopic (exact) mass is 469 g/mol. The smallest absolute Gasteiger partial charge is 0.251 e. The molecule has 0 radical (unpaired) electrons. The topological polar surface area (TPSA) is 86.8 Å². The number of benzene rings is 2. The summed E-state index contributed by atoms with van der Waals surface area (Å²) in [6.07, 6.45) is 3.56. The van der Waals surface area contributed by atoms with Crippen molar-refractivity contribution in [1.29, 1.82) is 0 Å². The minimum atomic E-state index is -3.72. The van der Waals surface area contributed by atoms with Crippen LogP contribution < -0.4 is 9.62 Å². The minimum Gasteiger partial charge on any atom is -0.350 e. The number of sulfonamides is 1. The van der Waals surface area contributed by atoms with Crippen LogP contribution in [0.1, 0.15) is 55.1 Å². The first kappa shape index (κ1) is 23.4. The van der Waals surface area contributed by atoms with Crippen LogP contribution in [0.3, 0.4) is 0 Å². The molecule has 0 saturated carbocycles. The number of hydrogen-bond donors (Lipinski definition) is 1. The van der Waals surface area contributed by atoms with E-state index in [1.54, 1.807) is 26.0 Å². The molecule has 2 fully saturated rings. The second-order valence-electron chi connectivity index (χ2n) is 9.49. The van der Waals surface area contributed by atoms with Crippen LogP contribution in [-0.4, -0.2) is 50.5 Å². The highest BCUT2D eigenvalue weighted by molar-refractivity contribution is 7.94. The van der Waals surface area contributed by atoms with Gasteiger partial charge in [-0.25, -0.2) is 12.7 Å². The molecule has 8 heteroatoms. The van der Waals surface area contributed by atoms with Gasteiger partial charge < -0.3 is 5.32 Å². The van der Waals surface area contributed by atoms with Crippen molar-refractivity contribution in [3.8, 4) is 0 Å². The number of anilines is 1. The van der Waals surface area contributed by atoms with Gasteiger partial charge in [-0.15, -0.1) is 0 Å². The van der Waals surface area contributed by atoms with Gasteiger partial charge in [0.2, 0.25) is 15.9 Å². The molecule has 2 aromatic rings. The van der Waals surface area contributed by atoms with Gasteiger partial charge in [0.1, 0.15) is 0 Å². The molecule has 176 valence electrons. The lowest BCUT2D eigenvalue weighted by Crippen LogP contribution is -2.40. The lowest BCUT2D eigenvalue weighted by Gasteiger charge is -2.35. The van der Waals surface area contributed by atoms with Crippen LogP contribution in [0.5, 0.6) is 0 Å². The third kappa shape index (κ3) is 4.96. The quantitative estimate of drug-likeness (QED) is 0.701. The third-order valence-electron chi connectivity index (χ3n) is 6.42. The largest absolute Gasteiger partial charge is 0.350 e. The van der Waals surface area contributed by atoms with E-state index in [2.05, 4.69) is 22.3 Å². The minimum absolute atomic E-state index is 0.101. The van der Waals surface area contributed by atoms with Crippen molar-refractivity contribution < 1.29 is 18.0 Å². The van der Waals surface area contributed by atoms with Crippen molar-refractivity contribution in [3.63, 3.8) is 0 Å². The van der Waals surface area contributed by atoms with Crippen LogP contribution in [0.15, 0.2) is 54.6 Å². The first-order valence-corrected chi connectivity index (χ1v) is 13.0. The predicted octanol–water partition coefficient (Wildman–Crippen LogP) is 3.35. The average Bonchev–Trinajstić information content (AvgIpc) is 2.97. The molecule has 7 nitrogen and oxygen atoms in total. The van der Waals surface area contributed by atoms with Crippen molar-refractivity contribution in [3.05, 3.63) is 65.7 Å². The molecule has 2 aliphatic heterocycles. The number of rotatable bonds is 6. The second kappa shape index (κ2) is 9.27. The third-order valence-corrected chi connectivity index (χ3v) is 8.44. The van der Waals surface area contributed by atoms with E-state index < -0.39 is 21.3 Å². The summed E-state index contributed by atoms with van der Waals surface area (Å²) < 4.78 is 25.8. The summed E-state index contributed by atoms with van der Waals surface area (Å²) in [5.74, 6) is -0.902. The zero-order chi connectivity index (χ0) is 23.6. The highest BCUT2D eigenvalue weighted by Crippen LogP contribution is 2.35. The van der Waals surface area contributed by atoms with E-state index in [9.17, 15) is 18.0 Å². The van der Waals surface area contributed by atoms with Crippen molar-refractivity contribution in [2.45, 2.75) is 39.2 Å². The Morgan fingerprint density at radius 1 is 1.00 bits per heavy atom. The zero-order valence-corrected chi connectivity index (χ0v) is 20.0. The summed E-state index contributed by atoms with van der Waals surface area (Å²) in [5, 5.41) is 3.04. The summed E-state index contributed by atoms with van der Waals surface area (Å²) in [7, 11) is -3.72. The van der Waals surface area contributed by atoms with E-state index >= 15 is 0 Å². The molecule has 4 rings (SSSR count). The number of piperidine rings is 1. The van der Waals surface area contributed by atoms with E-state index in [0.29, 0.717) is 12.1 Å². The van der Waals surface area contributed by atoms with E-state index in [1.165, 1.54) is 24.1 Å². The van der Waals surface area contributed by atoms with Crippen LogP contribution in [0.4, 0.5) is 5.69 Å². The van der Waals surface area contributed by atoms with Gasteiger partial charge >= 0.3 is 0 Å². The molecule has 2 aromatic carbocycles. The molecular formula is C25H31N3O4S. The highest BCUT2D eigenvalue weighted by atomic mass is 32.2. The number of likely N-dealkylation sites (tertiary alicyclic amines) is 1. The van der Waals surface area contributed by atoms with Crippen LogP contribution in [-0.2, 0) is 14.8 Å². The van der Waals surface area contributed by atoms with Crippen LogP contribution in [0.25, 0.3) is 0 Å². The summed E-state index contributed by atoms with van der Waals surface area (Å²) in [6.45, 7) is 5.76. The Morgan fingerprint density at radius 2 is 1.64 bits per heavy atom. The zero-order valence-electron chi connectivity index (χ0n) is 19.2. The van der Waals surface area contributed by atoms with Crippen molar-refractivity contribution in [1.82, 2.24) is 10.2 Å². The molecular weight excluding hydrogens is 438 g/mol. The van der Waals surface area contributed by atoms with Crippen molar-refractivity contribution >= 4 is 27.5 Å². The highest BCUT2D eigenvalue weighted by Gasteiger charge is 2.49. The van der Waals surface area contributed by atoms with E-state index in [4.69, 9.17) is 0 Å². The molecule has 2 aliphatic rings. The first-order chi connectivity index (χ1) is 15.7. The Bertz CT molecular complexity index is 1110. The molecule has 33 heavy (non-hydrogen) atoms. The number of nitrogens with one attached hydrogen (secondary N) is 1. The Hall–Kier alpha value is -2.71. The molecule has 0 bridgehead atoms. The van der Waals surface area contributed by atoms with Crippen molar-refractivity contribution in [2.75, 3.05) is 29.7 Å². The second-order valence-corrected chi connectivity index (χ2v) is 11.3. The molecule has 2 saturated heterocycles. The van der Waals surface area contributed by atoms with Gasteiger partial charge in [-0.3, -0.25) is 14.5 Å². The first-order valence-electron chi connectivity index (χ1n) is 11.4. The molecule has 0 aromatic heterocycles. The fraction of sp³-hybridized carbons (Fsp3) is 0.440. The predicted molar refractivity (Wildman–Crippen MR) is 128 cm³/mol. The maximum atomic E-state index is 12.9. The standard InChI is InChI=1S/C25H31N3O4S/c1-25(2)18-33(31,32)28(24(25)30)21-13-11-20(12-14-21)23(29)26-17-22(19-9-5-3-6-10-19)27-15-7-4-8-16-27/h3,5-6,9-14,22H,4,7-8,15-18H2,1-2H3,(H,26,29). The SMILES string of the molecule is CC1(C)CS(=O)(=O)N(c2ccc(C(=O)NCC(c3ccccc3)N3CCCCC3)cc2)C1=O. The maximum Gasteiger partial charge on any atom is 0.251 e.